The molecule has 1 aromatic rings. The van der Waals surface area contributed by atoms with E-state index in [2.05, 4.69) is 41.4 Å². The van der Waals surface area contributed by atoms with E-state index < -0.39 is 0 Å². The fraction of sp³-hybridized carbons (Fsp3) is 0.667. The van der Waals surface area contributed by atoms with Crippen LogP contribution in [0.3, 0.4) is 0 Å². The molecule has 4 rings (SSSR count). The third-order valence-electron chi connectivity index (χ3n) is 5.47. The van der Waals surface area contributed by atoms with E-state index in [-0.39, 0.29) is 0 Å². The molecule has 0 radical (unpaired) electrons. The fourth-order valence-electron chi connectivity index (χ4n) is 3.89. The van der Waals surface area contributed by atoms with Gasteiger partial charge in [-0.2, -0.15) is 0 Å². The number of hydrogen-bond acceptors (Lipinski definition) is 3. The molecule has 0 aromatic heterocycles. The molecule has 3 aliphatic rings. The van der Waals surface area contributed by atoms with Crippen molar-refractivity contribution in [2.45, 2.75) is 44.2 Å². The summed E-state index contributed by atoms with van der Waals surface area (Å²) in [7, 11) is 0. The summed E-state index contributed by atoms with van der Waals surface area (Å²) in [6.07, 6.45) is 4.11. The van der Waals surface area contributed by atoms with Gasteiger partial charge in [-0.15, -0.1) is 0 Å². The van der Waals surface area contributed by atoms with Gasteiger partial charge in [0.15, 0.2) is 0 Å². The van der Waals surface area contributed by atoms with Gasteiger partial charge in [-0.05, 0) is 44.7 Å². The number of benzene rings is 1. The topological polar surface area (TPSA) is 24.5 Å². The predicted octanol–water partition coefficient (Wildman–Crippen LogP) is 2.63. The Hall–Kier alpha value is -1.06. The van der Waals surface area contributed by atoms with E-state index in [1.54, 1.807) is 0 Å². The molecule has 1 saturated carbocycles. The van der Waals surface area contributed by atoms with E-state index in [0.29, 0.717) is 18.0 Å². The Balaban J connectivity index is 1.47. The Morgan fingerprint density at radius 2 is 2.10 bits per heavy atom. The molecule has 2 fully saturated rings. The summed E-state index contributed by atoms with van der Waals surface area (Å²) in [4.78, 5) is 2.71. The molecular weight excluding hydrogens is 260 g/mol. The number of para-hydroxylation sites is 1. The van der Waals surface area contributed by atoms with Crippen molar-refractivity contribution in [3.8, 4) is 5.75 Å². The third-order valence-corrected chi connectivity index (χ3v) is 5.47. The molecule has 3 heteroatoms. The van der Waals surface area contributed by atoms with Crippen LogP contribution < -0.4 is 10.1 Å². The van der Waals surface area contributed by atoms with E-state index in [4.69, 9.17) is 4.74 Å². The van der Waals surface area contributed by atoms with Crippen molar-refractivity contribution in [1.29, 1.82) is 0 Å². The highest BCUT2D eigenvalue weighted by Gasteiger charge is 2.36. The van der Waals surface area contributed by atoms with E-state index in [1.165, 1.54) is 37.9 Å². The summed E-state index contributed by atoms with van der Waals surface area (Å²) in [5.74, 6) is 2.58. The highest BCUT2D eigenvalue weighted by Crippen LogP contribution is 2.36. The van der Waals surface area contributed by atoms with Gasteiger partial charge in [-0.1, -0.05) is 18.2 Å². The predicted molar refractivity (Wildman–Crippen MR) is 84.8 cm³/mol. The molecule has 0 bridgehead atoms. The van der Waals surface area contributed by atoms with E-state index >= 15 is 0 Å². The van der Waals surface area contributed by atoms with Gasteiger partial charge < -0.3 is 10.1 Å². The molecule has 1 saturated heterocycles. The zero-order chi connectivity index (χ0) is 14.2. The summed E-state index contributed by atoms with van der Waals surface area (Å²) >= 11 is 0. The first-order valence-corrected chi connectivity index (χ1v) is 8.50. The Morgan fingerprint density at radius 3 is 2.95 bits per heavy atom. The molecule has 21 heavy (non-hydrogen) atoms. The van der Waals surface area contributed by atoms with Crippen molar-refractivity contribution >= 4 is 0 Å². The lowest BCUT2D eigenvalue weighted by Gasteiger charge is -2.31. The standard InChI is InChI=1S/C18H26N2O/c1-13-8-9-19-17(14-6-7-14)11-20(13)10-15-12-21-18-5-3-2-4-16(15)18/h2-5,13-15,17,19H,6-12H2,1H3. The molecule has 0 amide bonds. The molecule has 3 unspecified atom stereocenters. The highest BCUT2D eigenvalue weighted by molar-refractivity contribution is 5.39. The largest absolute Gasteiger partial charge is 0.493 e. The van der Waals surface area contributed by atoms with Crippen LogP contribution in [0.5, 0.6) is 5.75 Å². The second-order valence-corrected chi connectivity index (χ2v) is 7.04. The monoisotopic (exact) mass is 286 g/mol. The van der Waals surface area contributed by atoms with Gasteiger partial charge in [0.1, 0.15) is 5.75 Å². The number of nitrogens with zero attached hydrogens (tertiary/aromatic N) is 1. The smallest absolute Gasteiger partial charge is 0.122 e. The highest BCUT2D eigenvalue weighted by atomic mass is 16.5. The van der Waals surface area contributed by atoms with Crippen molar-refractivity contribution in [1.82, 2.24) is 10.2 Å². The lowest BCUT2D eigenvalue weighted by molar-refractivity contribution is 0.176. The van der Waals surface area contributed by atoms with Gasteiger partial charge in [-0.25, -0.2) is 0 Å². The van der Waals surface area contributed by atoms with Gasteiger partial charge in [-0.3, -0.25) is 4.90 Å². The quantitative estimate of drug-likeness (QED) is 0.924. The Morgan fingerprint density at radius 1 is 1.24 bits per heavy atom. The summed E-state index contributed by atoms with van der Waals surface area (Å²) in [5.41, 5.74) is 1.41. The first kappa shape index (κ1) is 13.6. The molecule has 1 N–H and O–H groups in total. The van der Waals surface area contributed by atoms with E-state index in [1.807, 2.05) is 0 Å². The lowest BCUT2D eigenvalue weighted by atomic mass is 9.99. The first-order valence-electron chi connectivity index (χ1n) is 8.50. The van der Waals surface area contributed by atoms with Crippen LogP contribution in [0.15, 0.2) is 24.3 Å². The van der Waals surface area contributed by atoms with E-state index in [0.717, 1.165) is 24.8 Å². The maximum Gasteiger partial charge on any atom is 0.122 e. The molecule has 3 nitrogen and oxygen atoms in total. The number of rotatable bonds is 3. The molecule has 2 aliphatic heterocycles. The maximum absolute atomic E-state index is 5.86. The Kier molecular flexibility index (Phi) is 3.64. The van der Waals surface area contributed by atoms with Crippen LogP contribution >= 0.6 is 0 Å². The van der Waals surface area contributed by atoms with Crippen LogP contribution in [0.4, 0.5) is 0 Å². The van der Waals surface area contributed by atoms with Crippen molar-refractivity contribution in [3.63, 3.8) is 0 Å². The van der Waals surface area contributed by atoms with Crippen molar-refractivity contribution in [3.05, 3.63) is 29.8 Å². The summed E-state index contributed by atoms with van der Waals surface area (Å²) in [5, 5.41) is 3.78. The molecule has 2 heterocycles. The lowest BCUT2D eigenvalue weighted by Crippen LogP contribution is -2.43. The number of ether oxygens (including phenoxy) is 1. The minimum Gasteiger partial charge on any atom is -0.493 e. The summed E-state index contributed by atoms with van der Waals surface area (Å²) in [6, 6.07) is 9.95. The molecular formula is C18H26N2O. The van der Waals surface area contributed by atoms with Crippen molar-refractivity contribution < 1.29 is 4.74 Å². The molecule has 114 valence electrons. The fourth-order valence-corrected chi connectivity index (χ4v) is 3.89. The van der Waals surface area contributed by atoms with Gasteiger partial charge in [0.05, 0.1) is 6.61 Å². The number of fused-ring (bicyclic) bond motifs is 1. The third kappa shape index (κ3) is 2.82. The van der Waals surface area contributed by atoms with Crippen molar-refractivity contribution in [2.24, 2.45) is 5.92 Å². The van der Waals surface area contributed by atoms with Crippen LogP contribution in [0, 0.1) is 5.92 Å². The van der Waals surface area contributed by atoms with Gasteiger partial charge in [0.25, 0.3) is 0 Å². The average molecular weight is 286 g/mol. The summed E-state index contributed by atoms with van der Waals surface area (Å²) in [6.45, 7) is 6.77. The van der Waals surface area contributed by atoms with Gasteiger partial charge >= 0.3 is 0 Å². The molecule has 3 atom stereocenters. The van der Waals surface area contributed by atoms with Crippen LogP contribution in [0.25, 0.3) is 0 Å². The maximum atomic E-state index is 5.86. The minimum absolute atomic E-state index is 0.543. The van der Waals surface area contributed by atoms with Crippen molar-refractivity contribution in [2.75, 3.05) is 26.2 Å². The van der Waals surface area contributed by atoms with Crippen LogP contribution in [-0.4, -0.2) is 43.2 Å². The molecule has 1 aliphatic carbocycles. The van der Waals surface area contributed by atoms with Crippen LogP contribution in [0.2, 0.25) is 0 Å². The average Bonchev–Trinajstić information content (AvgIpc) is 3.28. The van der Waals surface area contributed by atoms with E-state index in [9.17, 15) is 0 Å². The van der Waals surface area contributed by atoms with Crippen LogP contribution in [-0.2, 0) is 0 Å². The normalized spacial score (nSPS) is 33.3. The summed E-state index contributed by atoms with van der Waals surface area (Å²) < 4.78 is 5.86. The van der Waals surface area contributed by atoms with Crippen LogP contribution in [0.1, 0.15) is 37.7 Å². The van der Waals surface area contributed by atoms with Gasteiger partial charge in [0, 0.05) is 36.7 Å². The Labute approximate surface area is 127 Å². The second kappa shape index (κ2) is 5.62. The minimum atomic E-state index is 0.543. The molecule has 1 aromatic carbocycles. The zero-order valence-electron chi connectivity index (χ0n) is 12.9. The first-order chi connectivity index (χ1) is 10.3. The number of hydrogen-bond donors (Lipinski definition) is 1. The van der Waals surface area contributed by atoms with Gasteiger partial charge in [0.2, 0.25) is 0 Å². The Bertz CT molecular complexity index is 500. The zero-order valence-corrected chi connectivity index (χ0v) is 12.9. The molecule has 0 spiro atoms. The number of nitrogens with one attached hydrogen (secondary N) is 1. The SMILES string of the molecule is CC1CCNC(C2CC2)CN1CC1COc2ccccc21. The second-order valence-electron chi connectivity index (χ2n) is 7.04.